The summed E-state index contributed by atoms with van der Waals surface area (Å²) < 4.78 is 5.63. The fourth-order valence-corrected chi connectivity index (χ4v) is 2.12. The maximum atomic E-state index is 12.0. The van der Waals surface area contributed by atoms with Gasteiger partial charge in [-0.1, -0.05) is 0 Å². The van der Waals surface area contributed by atoms with Crippen molar-refractivity contribution < 1.29 is 9.53 Å². The van der Waals surface area contributed by atoms with Crippen LogP contribution in [0.3, 0.4) is 0 Å². The number of hydrogen-bond acceptors (Lipinski definition) is 4. The normalized spacial score (nSPS) is 14.6. The summed E-state index contributed by atoms with van der Waals surface area (Å²) in [6.45, 7) is 0. The van der Waals surface area contributed by atoms with E-state index in [0.29, 0.717) is 16.5 Å². The number of rotatable bonds is 4. The van der Waals surface area contributed by atoms with E-state index in [2.05, 4.69) is 4.98 Å². The first-order valence-electron chi connectivity index (χ1n) is 5.53. The van der Waals surface area contributed by atoms with Crippen LogP contribution in [-0.2, 0) is 0 Å². The second-order valence-electron chi connectivity index (χ2n) is 4.04. The molecule has 1 aromatic carbocycles. The minimum absolute atomic E-state index is 0.0190. The number of ether oxygens (including phenoxy) is 1. The van der Waals surface area contributed by atoms with E-state index in [9.17, 15) is 4.79 Å². The van der Waals surface area contributed by atoms with Crippen molar-refractivity contribution in [2.24, 2.45) is 0 Å². The molecular formula is C13H11NO2S. The van der Waals surface area contributed by atoms with Gasteiger partial charge >= 0.3 is 0 Å². The Morgan fingerprint density at radius 1 is 1.29 bits per heavy atom. The predicted octanol–water partition coefficient (Wildman–Crippen LogP) is 2.92. The zero-order valence-electron chi connectivity index (χ0n) is 9.13. The van der Waals surface area contributed by atoms with Crippen LogP contribution in [0.25, 0.3) is 0 Å². The van der Waals surface area contributed by atoms with Crippen molar-refractivity contribution in [3.05, 3.63) is 46.4 Å². The molecule has 0 aliphatic heterocycles. The molecule has 1 aliphatic carbocycles. The van der Waals surface area contributed by atoms with E-state index in [1.165, 1.54) is 11.3 Å². The van der Waals surface area contributed by atoms with Crippen LogP contribution in [0.2, 0.25) is 0 Å². The highest BCUT2D eigenvalue weighted by Crippen LogP contribution is 2.27. The first-order valence-corrected chi connectivity index (χ1v) is 6.41. The van der Waals surface area contributed by atoms with Crippen molar-refractivity contribution >= 4 is 17.1 Å². The van der Waals surface area contributed by atoms with Crippen LogP contribution in [0.15, 0.2) is 36.0 Å². The van der Waals surface area contributed by atoms with E-state index in [0.717, 1.165) is 18.6 Å². The molecule has 0 saturated heterocycles. The molecule has 0 spiro atoms. The Bertz CT molecular complexity index is 515. The Morgan fingerprint density at radius 3 is 2.65 bits per heavy atom. The molecule has 86 valence electrons. The van der Waals surface area contributed by atoms with E-state index in [-0.39, 0.29) is 5.78 Å². The Hall–Kier alpha value is -1.68. The maximum absolute atomic E-state index is 12.0. The lowest BCUT2D eigenvalue weighted by Crippen LogP contribution is -2.00. The summed E-state index contributed by atoms with van der Waals surface area (Å²) in [6, 6.07) is 7.32. The number of carbonyl (C=O) groups excluding carboxylic acids is 1. The molecule has 1 aromatic heterocycles. The summed E-state index contributed by atoms with van der Waals surface area (Å²) in [5.74, 6) is 0.860. The highest BCUT2D eigenvalue weighted by molar-refractivity contribution is 7.11. The third-order valence-corrected chi connectivity index (χ3v) is 3.37. The van der Waals surface area contributed by atoms with Crippen LogP contribution in [-0.4, -0.2) is 16.9 Å². The Balaban J connectivity index is 1.77. The molecule has 3 rings (SSSR count). The summed E-state index contributed by atoms with van der Waals surface area (Å²) in [4.78, 5) is 16.6. The molecule has 4 heteroatoms. The minimum atomic E-state index is 0.0190. The van der Waals surface area contributed by atoms with Crippen molar-refractivity contribution in [3.8, 4) is 5.75 Å². The van der Waals surface area contributed by atoms with E-state index in [4.69, 9.17) is 4.74 Å². The number of carbonyl (C=O) groups is 1. The van der Waals surface area contributed by atoms with Gasteiger partial charge in [0.1, 0.15) is 5.75 Å². The molecular weight excluding hydrogens is 234 g/mol. The number of thiazole rings is 1. The zero-order valence-corrected chi connectivity index (χ0v) is 9.94. The van der Waals surface area contributed by atoms with Gasteiger partial charge in [0.2, 0.25) is 5.78 Å². The second-order valence-corrected chi connectivity index (χ2v) is 4.92. The van der Waals surface area contributed by atoms with Gasteiger partial charge in [-0.3, -0.25) is 9.78 Å². The summed E-state index contributed by atoms with van der Waals surface area (Å²) in [7, 11) is 0. The monoisotopic (exact) mass is 245 g/mol. The average Bonchev–Trinajstić information content (AvgIpc) is 3.00. The van der Waals surface area contributed by atoms with Crippen molar-refractivity contribution in [2.45, 2.75) is 18.9 Å². The molecule has 1 fully saturated rings. The summed E-state index contributed by atoms with van der Waals surface area (Å²) in [6.07, 6.45) is 4.27. The number of ketones is 1. The Labute approximate surface area is 103 Å². The van der Waals surface area contributed by atoms with Gasteiger partial charge in [0, 0.05) is 11.8 Å². The molecule has 0 amide bonds. The van der Waals surface area contributed by atoms with E-state index in [1.54, 1.807) is 23.8 Å². The molecule has 1 saturated carbocycles. The van der Waals surface area contributed by atoms with Gasteiger partial charge in [-0.05, 0) is 37.1 Å². The van der Waals surface area contributed by atoms with Gasteiger partial charge in [0.15, 0.2) is 0 Å². The quantitative estimate of drug-likeness (QED) is 0.777. The summed E-state index contributed by atoms with van der Waals surface area (Å²) in [5.41, 5.74) is 2.34. The fourth-order valence-electron chi connectivity index (χ4n) is 1.53. The molecule has 1 heterocycles. The highest BCUT2D eigenvalue weighted by atomic mass is 32.1. The number of hydrogen-bond donors (Lipinski definition) is 0. The molecule has 0 bridgehead atoms. The molecule has 17 heavy (non-hydrogen) atoms. The van der Waals surface area contributed by atoms with Gasteiger partial charge in [-0.2, -0.15) is 0 Å². The van der Waals surface area contributed by atoms with Crippen LogP contribution in [0.4, 0.5) is 0 Å². The van der Waals surface area contributed by atoms with Gasteiger partial charge in [0.05, 0.1) is 16.5 Å². The third-order valence-electron chi connectivity index (χ3n) is 2.60. The fraction of sp³-hybridized carbons (Fsp3) is 0.231. The van der Waals surface area contributed by atoms with Crippen molar-refractivity contribution in [1.29, 1.82) is 0 Å². The lowest BCUT2D eigenvalue weighted by molar-refractivity contribution is 0.104. The topological polar surface area (TPSA) is 39.2 Å². The molecule has 0 atom stereocenters. The molecule has 0 N–H and O–H groups in total. The standard InChI is InChI=1S/C13H11NO2S/c15-13(12-7-14-8-17-12)9-1-3-10(4-2-9)16-11-5-6-11/h1-4,7-8,11H,5-6H2. The van der Waals surface area contributed by atoms with Gasteiger partial charge in [0.25, 0.3) is 0 Å². The summed E-state index contributed by atoms with van der Waals surface area (Å²) >= 11 is 1.36. The van der Waals surface area contributed by atoms with Gasteiger partial charge in [-0.25, -0.2) is 0 Å². The van der Waals surface area contributed by atoms with Crippen molar-refractivity contribution in [2.75, 3.05) is 0 Å². The largest absolute Gasteiger partial charge is 0.490 e. The van der Waals surface area contributed by atoms with Gasteiger partial charge in [-0.15, -0.1) is 11.3 Å². The first-order chi connectivity index (χ1) is 8.33. The van der Waals surface area contributed by atoms with Crippen molar-refractivity contribution in [3.63, 3.8) is 0 Å². The van der Waals surface area contributed by atoms with Crippen molar-refractivity contribution in [1.82, 2.24) is 4.98 Å². The zero-order chi connectivity index (χ0) is 11.7. The lowest BCUT2D eigenvalue weighted by Gasteiger charge is -2.04. The highest BCUT2D eigenvalue weighted by Gasteiger charge is 2.23. The second kappa shape index (κ2) is 4.30. The number of benzene rings is 1. The number of aromatic nitrogens is 1. The maximum Gasteiger partial charge on any atom is 0.204 e. The van der Waals surface area contributed by atoms with Crippen LogP contribution >= 0.6 is 11.3 Å². The van der Waals surface area contributed by atoms with E-state index < -0.39 is 0 Å². The Morgan fingerprint density at radius 2 is 2.06 bits per heavy atom. The van der Waals surface area contributed by atoms with Crippen LogP contribution in [0.1, 0.15) is 28.1 Å². The number of nitrogens with zero attached hydrogens (tertiary/aromatic N) is 1. The molecule has 2 aromatic rings. The predicted molar refractivity (Wildman–Crippen MR) is 65.6 cm³/mol. The van der Waals surface area contributed by atoms with Gasteiger partial charge < -0.3 is 4.74 Å². The summed E-state index contributed by atoms with van der Waals surface area (Å²) in [5, 5.41) is 0. The minimum Gasteiger partial charge on any atom is -0.490 e. The van der Waals surface area contributed by atoms with Crippen LogP contribution in [0.5, 0.6) is 5.75 Å². The smallest absolute Gasteiger partial charge is 0.204 e. The SMILES string of the molecule is O=C(c1ccc(OC2CC2)cc1)c1cncs1. The van der Waals surface area contributed by atoms with Crippen LogP contribution in [0, 0.1) is 0 Å². The first kappa shape index (κ1) is 10.5. The van der Waals surface area contributed by atoms with Crippen LogP contribution < -0.4 is 4.74 Å². The molecule has 0 unspecified atom stereocenters. The molecule has 1 aliphatic rings. The third kappa shape index (κ3) is 2.36. The van der Waals surface area contributed by atoms with E-state index in [1.807, 2.05) is 12.1 Å². The molecule has 0 radical (unpaired) electrons. The Kier molecular flexibility index (Phi) is 2.65. The average molecular weight is 245 g/mol. The molecule has 3 nitrogen and oxygen atoms in total. The lowest BCUT2D eigenvalue weighted by atomic mass is 10.1. The van der Waals surface area contributed by atoms with E-state index >= 15 is 0 Å².